The zero-order valence-corrected chi connectivity index (χ0v) is 14.0. The Morgan fingerprint density at radius 3 is 2.62 bits per heavy atom. The smallest absolute Gasteiger partial charge is 0.0475 e. The molecule has 2 nitrogen and oxygen atoms in total. The van der Waals surface area contributed by atoms with Crippen LogP contribution in [0.3, 0.4) is 0 Å². The van der Waals surface area contributed by atoms with E-state index in [4.69, 9.17) is 0 Å². The van der Waals surface area contributed by atoms with Gasteiger partial charge in [-0.1, -0.05) is 50.6 Å². The summed E-state index contributed by atoms with van der Waals surface area (Å²) < 4.78 is 0. The highest BCUT2D eigenvalue weighted by atomic mass is 15.2. The Bertz CT molecular complexity index is 390. The van der Waals surface area contributed by atoms with E-state index in [1.807, 2.05) is 0 Å². The SMILES string of the molecule is CCCNC(c1ccccc1)C(C)N1CCC(CCC)C1. The number of hydrogen-bond acceptors (Lipinski definition) is 2. The highest BCUT2D eigenvalue weighted by molar-refractivity contribution is 5.20. The summed E-state index contributed by atoms with van der Waals surface area (Å²) in [5, 5.41) is 3.77. The van der Waals surface area contributed by atoms with Gasteiger partial charge in [-0.3, -0.25) is 4.90 Å². The van der Waals surface area contributed by atoms with Crippen molar-refractivity contribution in [1.82, 2.24) is 10.2 Å². The fraction of sp³-hybridized carbons (Fsp3) is 0.684. The molecule has 0 saturated carbocycles. The van der Waals surface area contributed by atoms with Crippen LogP contribution in [0.5, 0.6) is 0 Å². The molecular formula is C19H32N2. The minimum Gasteiger partial charge on any atom is -0.309 e. The third kappa shape index (κ3) is 4.55. The van der Waals surface area contributed by atoms with Gasteiger partial charge in [-0.2, -0.15) is 0 Å². The molecule has 1 aromatic rings. The normalized spacial score (nSPS) is 22.3. The molecule has 1 aromatic carbocycles. The monoisotopic (exact) mass is 288 g/mol. The average molecular weight is 288 g/mol. The first kappa shape index (κ1) is 16.5. The van der Waals surface area contributed by atoms with Gasteiger partial charge in [0, 0.05) is 18.6 Å². The average Bonchev–Trinajstić information content (AvgIpc) is 2.97. The molecule has 0 aliphatic carbocycles. The van der Waals surface area contributed by atoms with E-state index >= 15 is 0 Å². The molecule has 1 fully saturated rings. The Hall–Kier alpha value is -0.860. The fourth-order valence-corrected chi connectivity index (χ4v) is 3.61. The van der Waals surface area contributed by atoms with Crippen molar-refractivity contribution in [2.75, 3.05) is 19.6 Å². The highest BCUT2D eigenvalue weighted by Gasteiger charge is 2.30. The van der Waals surface area contributed by atoms with E-state index in [2.05, 4.69) is 61.3 Å². The zero-order valence-electron chi connectivity index (χ0n) is 14.0. The number of nitrogens with zero attached hydrogens (tertiary/aromatic N) is 1. The Labute approximate surface area is 130 Å². The maximum atomic E-state index is 3.77. The summed E-state index contributed by atoms with van der Waals surface area (Å²) >= 11 is 0. The molecule has 1 saturated heterocycles. The fourth-order valence-electron chi connectivity index (χ4n) is 3.61. The topological polar surface area (TPSA) is 15.3 Å². The van der Waals surface area contributed by atoms with Crippen LogP contribution in [-0.2, 0) is 0 Å². The molecule has 0 radical (unpaired) electrons. The summed E-state index contributed by atoms with van der Waals surface area (Å²) in [4.78, 5) is 2.70. The highest BCUT2D eigenvalue weighted by Crippen LogP contribution is 2.28. The van der Waals surface area contributed by atoms with Crippen LogP contribution in [0.1, 0.15) is 58.1 Å². The molecule has 0 amide bonds. The van der Waals surface area contributed by atoms with Gasteiger partial charge in [-0.15, -0.1) is 0 Å². The summed E-state index contributed by atoms with van der Waals surface area (Å²) in [5.41, 5.74) is 1.43. The van der Waals surface area contributed by atoms with Crippen LogP contribution in [0.2, 0.25) is 0 Å². The molecule has 3 atom stereocenters. The van der Waals surface area contributed by atoms with E-state index in [-0.39, 0.29) is 0 Å². The summed E-state index contributed by atoms with van der Waals surface area (Å²) in [6.45, 7) is 10.6. The summed E-state index contributed by atoms with van der Waals surface area (Å²) in [7, 11) is 0. The van der Waals surface area contributed by atoms with Crippen molar-refractivity contribution >= 4 is 0 Å². The molecule has 0 aromatic heterocycles. The second-order valence-corrected chi connectivity index (χ2v) is 6.52. The van der Waals surface area contributed by atoms with Gasteiger partial charge in [0.05, 0.1) is 0 Å². The first-order chi connectivity index (χ1) is 10.3. The molecule has 1 heterocycles. The van der Waals surface area contributed by atoms with E-state index in [1.54, 1.807) is 0 Å². The van der Waals surface area contributed by atoms with E-state index in [0.717, 1.165) is 12.5 Å². The van der Waals surface area contributed by atoms with Crippen molar-refractivity contribution < 1.29 is 0 Å². The van der Waals surface area contributed by atoms with Crippen LogP contribution in [-0.4, -0.2) is 30.6 Å². The number of likely N-dealkylation sites (tertiary alicyclic amines) is 1. The van der Waals surface area contributed by atoms with Gasteiger partial charge in [-0.25, -0.2) is 0 Å². The van der Waals surface area contributed by atoms with E-state index in [1.165, 1.54) is 44.3 Å². The largest absolute Gasteiger partial charge is 0.309 e. The Morgan fingerprint density at radius 1 is 1.19 bits per heavy atom. The van der Waals surface area contributed by atoms with E-state index < -0.39 is 0 Å². The van der Waals surface area contributed by atoms with Crippen LogP contribution in [0, 0.1) is 5.92 Å². The molecule has 1 aliphatic heterocycles. The van der Waals surface area contributed by atoms with Crippen LogP contribution >= 0.6 is 0 Å². The first-order valence-corrected chi connectivity index (χ1v) is 8.78. The maximum absolute atomic E-state index is 3.77. The third-order valence-electron chi connectivity index (χ3n) is 4.85. The Morgan fingerprint density at radius 2 is 1.95 bits per heavy atom. The van der Waals surface area contributed by atoms with Crippen molar-refractivity contribution in [3.8, 4) is 0 Å². The van der Waals surface area contributed by atoms with Gasteiger partial charge in [0.15, 0.2) is 0 Å². The first-order valence-electron chi connectivity index (χ1n) is 8.78. The quantitative estimate of drug-likeness (QED) is 0.770. The zero-order chi connectivity index (χ0) is 15.1. The number of hydrogen-bond donors (Lipinski definition) is 1. The van der Waals surface area contributed by atoms with Crippen molar-refractivity contribution in [2.24, 2.45) is 5.92 Å². The molecule has 2 heteroatoms. The lowest BCUT2D eigenvalue weighted by molar-refractivity contribution is 0.198. The number of nitrogens with one attached hydrogen (secondary N) is 1. The molecule has 1 aliphatic rings. The Balaban J connectivity index is 2.03. The molecule has 1 N–H and O–H groups in total. The summed E-state index contributed by atoms with van der Waals surface area (Å²) in [6.07, 6.45) is 5.28. The predicted molar refractivity (Wildman–Crippen MR) is 91.5 cm³/mol. The van der Waals surface area contributed by atoms with Crippen molar-refractivity contribution in [3.05, 3.63) is 35.9 Å². The second kappa shape index (κ2) is 8.55. The second-order valence-electron chi connectivity index (χ2n) is 6.52. The molecule has 0 bridgehead atoms. The Kier molecular flexibility index (Phi) is 6.72. The van der Waals surface area contributed by atoms with Crippen molar-refractivity contribution in [1.29, 1.82) is 0 Å². The molecule has 3 unspecified atom stereocenters. The molecule has 0 spiro atoms. The van der Waals surface area contributed by atoms with Crippen LogP contribution in [0.15, 0.2) is 30.3 Å². The molecule has 2 rings (SSSR count). The van der Waals surface area contributed by atoms with Gasteiger partial charge >= 0.3 is 0 Å². The minimum absolute atomic E-state index is 0.450. The van der Waals surface area contributed by atoms with E-state index in [0.29, 0.717) is 12.1 Å². The van der Waals surface area contributed by atoms with Gasteiger partial charge < -0.3 is 5.32 Å². The lowest BCUT2D eigenvalue weighted by atomic mass is 9.99. The van der Waals surface area contributed by atoms with Crippen LogP contribution < -0.4 is 5.32 Å². The predicted octanol–water partition coefficient (Wildman–Crippen LogP) is 4.24. The molecular weight excluding hydrogens is 256 g/mol. The van der Waals surface area contributed by atoms with Gasteiger partial charge in [0.25, 0.3) is 0 Å². The minimum atomic E-state index is 0.450. The van der Waals surface area contributed by atoms with Crippen molar-refractivity contribution in [2.45, 2.75) is 58.5 Å². The number of rotatable bonds is 8. The van der Waals surface area contributed by atoms with Gasteiger partial charge in [0.1, 0.15) is 0 Å². The summed E-state index contributed by atoms with van der Waals surface area (Å²) in [6, 6.07) is 12.0. The van der Waals surface area contributed by atoms with Crippen LogP contribution in [0.25, 0.3) is 0 Å². The summed E-state index contributed by atoms with van der Waals surface area (Å²) in [5.74, 6) is 0.917. The molecule has 118 valence electrons. The standard InChI is InChI=1S/C19H32N2/c1-4-9-17-12-14-21(15-17)16(3)19(20-13-5-2)18-10-7-6-8-11-18/h6-8,10-11,16-17,19-20H,4-5,9,12-15H2,1-3H3. The van der Waals surface area contributed by atoms with Gasteiger partial charge in [-0.05, 0) is 50.8 Å². The van der Waals surface area contributed by atoms with Gasteiger partial charge in [0.2, 0.25) is 0 Å². The lowest BCUT2D eigenvalue weighted by Crippen LogP contribution is -2.42. The van der Waals surface area contributed by atoms with Crippen LogP contribution in [0.4, 0.5) is 0 Å². The van der Waals surface area contributed by atoms with E-state index in [9.17, 15) is 0 Å². The third-order valence-corrected chi connectivity index (χ3v) is 4.85. The number of benzene rings is 1. The van der Waals surface area contributed by atoms with Crippen molar-refractivity contribution in [3.63, 3.8) is 0 Å². The maximum Gasteiger partial charge on any atom is 0.0475 e. The lowest BCUT2D eigenvalue weighted by Gasteiger charge is -2.33. The molecule has 21 heavy (non-hydrogen) atoms.